The maximum absolute atomic E-state index is 10.7. The van der Waals surface area contributed by atoms with Crippen LogP contribution < -0.4 is 5.43 Å². The topological polar surface area (TPSA) is 54.6 Å². The van der Waals surface area contributed by atoms with Gasteiger partial charge in [-0.1, -0.05) is 23.2 Å². The fraction of sp³-hybridized carbons (Fsp3) is 0.0769. The van der Waals surface area contributed by atoms with Gasteiger partial charge < -0.3 is 4.42 Å². The number of furan rings is 1. The van der Waals surface area contributed by atoms with Crippen LogP contribution in [0.3, 0.4) is 0 Å². The molecule has 98 valence electrons. The molecule has 2 aromatic rings. The highest BCUT2D eigenvalue weighted by molar-refractivity contribution is 6.35. The summed E-state index contributed by atoms with van der Waals surface area (Å²) in [5.74, 6) is 0.887. The molecule has 1 aromatic heterocycles. The molecule has 6 heteroatoms. The molecule has 1 heterocycles. The molecule has 1 N–H and O–H groups in total. The summed E-state index contributed by atoms with van der Waals surface area (Å²) in [6.07, 6.45) is 1.41. The third-order valence-electron chi connectivity index (χ3n) is 2.19. The Kier molecular flexibility index (Phi) is 4.24. The monoisotopic (exact) mass is 296 g/mol. The predicted octanol–water partition coefficient (Wildman–Crippen LogP) is 3.72. The Balaban J connectivity index is 2.20. The van der Waals surface area contributed by atoms with Crippen LogP contribution in [-0.4, -0.2) is 12.1 Å². The lowest BCUT2D eigenvalue weighted by Gasteiger charge is -1.99. The van der Waals surface area contributed by atoms with Gasteiger partial charge in [0.2, 0.25) is 5.91 Å². The quantitative estimate of drug-likeness (QED) is 0.693. The average Bonchev–Trinajstić information content (AvgIpc) is 2.76. The maximum atomic E-state index is 10.7. The summed E-state index contributed by atoms with van der Waals surface area (Å²) in [5.41, 5.74) is 3.06. The fourth-order valence-corrected chi connectivity index (χ4v) is 1.99. The Labute approximate surface area is 120 Å². The molecule has 0 radical (unpaired) electrons. The highest BCUT2D eigenvalue weighted by Crippen LogP contribution is 2.28. The number of carbonyl (C=O) groups excluding carboxylic acids is 1. The lowest BCUT2D eigenvalue weighted by atomic mass is 10.2. The zero-order valence-electron chi connectivity index (χ0n) is 9.98. The number of hydrazone groups is 1. The van der Waals surface area contributed by atoms with E-state index in [4.69, 9.17) is 27.6 Å². The van der Waals surface area contributed by atoms with E-state index in [1.807, 2.05) is 0 Å². The van der Waals surface area contributed by atoms with Gasteiger partial charge in [0.15, 0.2) is 0 Å². The second kappa shape index (κ2) is 5.91. The van der Waals surface area contributed by atoms with Gasteiger partial charge in [-0.25, -0.2) is 5.43 Å². The molecular weight excluding hydrogens is 287 g/mol. The van der Waals surface area contributed by atoms with Crippen molar-refractivity contribution in [3.8, 4) is 11.3 Å². The summed E-state index contributed by atoms with van der Waals surface area (Å²) < 4.78 is 5.54. The van der Waals surface area contributed by atoms with Crippen LogP contribution in [0.15, 0.2) is 39.9 Å². The number of amides is 1. The smallest absolute Gasteiger partial charge is 0.236 e. The van der Waals surface area contributed by atoms with Gasteiger partial charge in [-0.05, 0) is 30.3 Å². The first-order chi connectivity index (χ1) is 9.04. The van der Waals surface area contributed by atoms with Gasteiger partial charge in [0.1, 0.15) is 11.5 Å². The third-order valence-corrected chi connectivity index (χ3v) is 2.62. The van der Waals surface area contributed by atoms with Gasteiger partial charge in [-0.3, -0.25) is 4.79 Å². The number of benzene rings is 1. The Morgan fingerprint density at radius 1 is 1.26 bits per heavy atom. The van der Waals surface area contributed by atoms with Crippen LogP contribution in [0.2, 0.25) is 10.0 Å². The number of nitrogens with zero attached hydrogens (tertiary/aromatic N) is 1. The molecule has 0 aliphatic rings. The minimum atomic E-state index is -0.246. The van der Waals surface area contributed by atoms with Crippen molar-refractivity contribution >= 4 is 35.3 Å². The van der Waals surface area contributed by atoms with Crippen LogP contribution >= 0.6 is 23.2 Å². The lowest BCUT2D eigenvalue weighted by Crippen LogP contribution is -2.12. The predicted molar refractivity (Wildman–Crippen MR) is 75.6 cm³/mol. The zero-order valence-corrected chi connectivity index (χ0v) is 11.5. The number of hydrogen-bond acceptors (Lipinski definition) is 3. The van der Waals surface area contributed by atoms with Crippen molar-refractivity contribution in [1.82, 2.24) is 5.43 Å². The van der Waals surface area contributed by atoms with E-state index in [0.29, 0.717) is 21.6 Å². The van der Waals surface area contributed by atoms with E-state index in [0.717, 1.165) is 5.56 Å². The van der Waals surface area contributed by atoms with Crippen molar-refractivity contribution in [2.24, 2.45) is 5.10 Å². The van der Waals surface area contributed by atoms with Crippen molar-refractivity contribution in [3.05, 3.63) is 46.1 Å². The minimum Gasteiger partial charge on any atom is -0.455 e. The molecule has 0 aliphatic heterocycles. The van der Waals surface area contributed by atoms with Gasteiger partial charge in [-0.15, -0.1) is 0 Å². The SMILES string of the molecule is CC(=O)NN=Cc1ccc(-c2cc(Cl)cc(Cl)c2)o1. The Morgan fingerprint density at radius 3 is 2.58 bits per heavy atom. The maximum Gasteiger partial charge on any atom is 0.236 e. The molecule has 19 heavy (non-hydrogen) atoms. The summed E-state index contributed by atoms with van der Waals surface area (Å²) in [6.45, 7) is 1.37. The average molecular weight is 297 g/mol. The normalized spacial score (nSPS) is 10.9. The molecule has 1 amide bonds. The Bertz CT molecular complexity index is 615. The van der Waals surface area contributed by atoms with Gasteiger partial charge in [-0.2, -0.15) is 5.10 Å². The van der Waals surface area contributed by atoms with E-state index in [2.05, 4.69) is 10.5 Å². The molecule has 0 saturated heterocycles. The van der Waals surface area contributed by atoms with Gasteiger partial charge >= 0.3 is 0 Å². The van der Waals surface area contributed by atoms with Crippen molar-refractivity contribution in [3.63, 3.8) is 0 Å². The Morgan fingerprint density at radius 2 is 1.95 bits per heavy atom. The number of rotatable bonds is 3. The van der Waals surface area contributed by atoms with Crippen LogP contribution in [0.5, 0.6) is 0 Å². The second-order valence-electron chi connectivity index (χ2n) is 3.79. The molecule has 0 aliphatic carbocycles. The Hall–Kier alpha value is -1.78. The molecule has 0 saturated carbocycles. The fourth-order valence-electron chi connectivity index (χ4n) is 1.46. The first-order valence-corrected chi connectivity index (χ1v) is 6.16. The molecule has 0 spiro atoms. The summed E-state index contributed by atoms with van der Waals surface area (Å²) >= 11 is 11.9. The van der Waals surface area contributed by atoms with Gasteiger partial charge in [0.05, 0.1) is 6.21 Å². The highest BCUT2D eigenvalue weighted by atomic mass is 35.5. The summed E-state index contributed by atoms with van der Waals surface area (Å²) in [6, 6.07) is 8.66. The number of halogens is 2. The summed E-state index contributed by atoms with van der Waals surface area (Å²) in [4.78, 5) is 10.7. The van der Waals surface area contributed by atoms with E-state index in [9.17, 15) is 4.79 Å². The molecular formula is C13H10Cl2N2O2. The number of hydrogen-bond donors (Lipinski definition) is 1. The molecule has 4 nitrogen and oxygen atoms in total. The van der Waals surface area contributed by atoms with Gasteiger partial charge in [0, 0.05) is 22.5 Å². The third kappa shape index (κ3) is 3.84. The standard InChI is InChI=1S/C13H10Cl2N2O2/c1-8(18)17-16-7-12-2-3-13(19-12)9-4-10(14)6-11(15)5-9/h2-7H,1H3,(H,17,18). The van der Waals surface area contributed by atoms with Crippen molar-refractivity contribution in [2.75, 3.05) is 0 Å². The van der Waals surface area contributed by atoms with Crippen molar-refractivity contribution in [2.45, 2.75) is 6.92 Å². The number of nitrogens with one attached hydrogen (secondary N) is 1. The zero-order chi connectivity index (χ0) is 13.8. The van der Waals surface area contributed by atoms with Crippen LogP contribution in [0.1, 0.15) is 12.7 Å². The van der Waals surface area contributed by atoms with Crippen LogP contribution in [-0.2, 0) is 4.79 Å². The summed E-state index contributed by atoms with van der Waals surface area (Å²) in [7, 11) is 0. The van der Waals surface area contributed by atoms with Crippen molar-refractivity contribution in [1.29, 1.82) is 0 Å². The van der Waals surface area contributed by atoms with E-state index in [-0.39, 0.29) is 5.91 Å². The van der Waals surface area contributed by atoms with Crippen LogP contribution in [0.25, 0.3) is 11.3 Å². The van der Waals surface area contributed by atoms with Crippen molar-refractivity contribution < 1.29 is 9.21 Å². The largest absolute Gasteiger partial charge is 0.455 e. The van der Waals surface area contributed by atoms with E-state index >= 15 is 0 Å². The minimum absolute atomic E-state index is 0.246. The van der Waals surface area contributed by atoms with Gasteiger partial charge in [0.25, 0.3) is 0 Å². The highest BCUT2D eigenvalue weighted by Gasteiger charge is 2.06. The molecule has 0 atom stereocenters. The van der Waals surface area contributed by atoms with Crippen LogP contribution in [0, 0.1) is 0 Å². The second-order valence-corrected chi connectivity index (χ2v) is 4.66. The molecule has 1 aromatic carbocycles. The first-order valence-electron chi connectivity index (χ1n) is 5.40. The van der Waals surface area contributed by atoms with E-state index in [1.54, 1.807) is 30.3 Å². The van der Waals surface area contributed by atoms with E-state index < -0.39 is 0 Å². The molecule has 0 fully saturated rings. The van der Waals surface area contributed by atoms with Crippen LogP contribution in [0.4, 0.5) is 0 Å². The molecule has 0 unspecified atom stereocenters. The number of carbonyl (C=O) groups is 1. The lowest BCUT2D eigenvalue weighted by molar-refractivity contribution is -0.118. The first kappa shape index (κ1) is 13.6. The summed E-state index contributed by atoms with van der Waals surface area (Å²) in [5, 5.41) is 4.78. The van der Waals surface area contributed by atoms with E-state index in [1.165, 1.54) is 13.1 Å². The molecule has 2 rings (SSSR count). The molecule has 0 bridgehead atoms.